The van der Waals surface area contributed by atoms with Gasteiger partial charge in [-0.1, -0.05) is 35.0 Å². The zero-order valence-electron chi connectivity index (χ0n) is 13.6. The fourth-order valence-electron chi connectivity index (χ4n) is 2.66. The fraction of sp³-hybridized carbons (Fsp3) is 0.167. The number of aryl methyl sites for hydroxylation is 1. The lowest BCUT2D eigenvalue weighted by Crippen LogP contribution is -2.01. The van der Waals surface area contributed by atoms with Crippen molar-refractivity contribution in [1.29, 1.82) is 0 Å². The maximum atomic E-state index is 14.2. The van der Waals surface area contributed by atoms with Gasteiger partial charge in [0.05, 0.1) is 5.56 Å². The molecule has 0 amide bonds. The van der Waals surface area contributed by atoms with Gasteiger partial charge in [0.2, 0.25) is 0 Å². The summed E-state index contributed by atoms with van der Waals surface area (Å²) in [6.07, 6.45) is 0.926. The van der Waals surface area contributed by atoms with E-state index in [-0.39, 0.29) is 5.76 Å². The predicted molar refractivity (Wildman–Crippen MR) is 90.0 cm³/mol. The first kappa shape index (κ1) is 17.3. The van der Waals surface area contributed by atoms with Crippen LogP contribution in [0.2, 0.25) is 0 Å². The summed E-state index contributed by atoms with van der Waals surface area (Å²) < 4.78 is 55.8. The SMILES string of the molecule is Cc1cccc(-c2noc(CF)c2-c2ccc(S(C)(=O)=O)c(F)c2)c1. The summed E-state index contributed by atoms with van der Waals surface area (Å²) in [7, 11) is -3.69. The number of nitrogens with zero attached hydrogens (tertiary/aromatic N) is 1. The van der Waals surface area contributed by atoms with Crippen molar-refractivity contribution < 1.29 is 21.7 Å². The van der Waals surface area contributed by atoms with Crippen LogP contribution in [0.3, 0.4) is 0 Å². The molecule has 0 unspecified atom stereocenters. The highest BCUT2D eigenvalue weighted by Crippen LogP contribution is 2.36. The standard InChI is InChI=1S/C18H15F2NO3S/c1-11-4-3-5-13(8-11)18-17(15(10-19)24-21-18)12-6-7-16(14(20)9-12)25(2,22)23/h3-9H,10H2,1-2H3. The lowest BCUT2D eigenvalue weighted by atomic mass is 9.98. The molecule has 0 spiro atoms. The molecule has 0 saturated heterocycles. The van der Waals surface area contributed by atoms with Crippen LogP contribution in [0.25, 0.3) is 22.4 Å². The van der Waals surface area contributed by atoms with E-state index < -0.39 is 27.2 Å². The second kappa shape index (κ2) is 6.40. The Kier molecular flexibility index (Phi) is 4.43. The van der Waals surface area contributed by atoms with E-state index in [1.54, 1.807) is 6.07 Å². The van der Waals surface area contributed by atoms with Crippen LogP contribution in [-0.4, -0.2) is 19.8 Å². The minimum Gasteiger partial charge on any atom is -0.357 e. The van der Waals surface area contributed by atoms with Crippen LogP contribution in [0, 0.1) is 12.7 Å². The first-order valence-electron chi connectivity index (χ1n) is 7.43. The maximum Gasteiger partial charge on any atom is 0.178 e. The van der Waals surface area contributed by atoms with Gasteiger partial charge < -0.3 is 4.52 Å². The van der Waals surface area contributed by atoms with Crippen LogP contribution < -0.4 is 0 Å². The number of aromatic nitrogens is 1. The summed E-state index contributed by atoms with van der Waals surface area (Å²) in [5.41, 5.74) is 2.67. The highest BCUT2D eigenvalue weighted by Gasteiger charge is 2.22. The summed E-state index contributed by atoms with van der Waals surface area (Å²) in [6, 6.07) is 11.0. The summed E-state index contributed by atoms with van der Waals surface area (Å²) in [5, 5.41) is 3.92. The average Bonchev–Trinajstić information content (AvgIpc) is 2.97. The highest BCUT2D eigenvalue weighted by atomic mass is 32.2. The number of sulfone groups is 1. The topological polar surface area (TPSA) is 60.2 Å². The third-order valence-corrected chi connectivity index (χ3v) is 4.93. The van der Waals surface area contributed by atoms with Gasteiger partial charge in [-0.05, 0) is 30.7 Å². The van der Waals surface area contributed by atoms with E-state index in [1.807, 2.05) is 25.1 Å². The Morgan fingerprint density at radius 1 is 1.12 bits per heavy atom. The third kappa shape index (κ3) is 3.32. The van der Waals surface area contributed by atoms with Gasteiger partial charge >= 0.3 is 0 Å². The molecule has 130 valence electrons. The Morgan fingerprint density at radius 2 is 1.88 bits per heavy atom. The van der Waals surface area contributed by atoms with E-state index in [4.69, 9.17) is 4.52 Å². The lowest BCUT2D eigenvalue weighted by Gasteiger charge is -2.07. The van der Waals surface area contributed by atoms with Crippen LogP contribution in [0.1, 0.15) is 11.3 Å². The summed E-state index contributed by atoms with van der Waals surface area (Å²) in [4.78, 5) is -0.411. The van der Waals surface area contributed by atoms with E-state index >= 15 is 0 Å². The summed E-state index contributed by atoms with van der Waals surface area (Å²) >= 11 is 0. The van der Waals surface area contributed by atoms with Crippen molar-refractivity contribution in [2.24, 2.45) is 0 Å². The van der Waals surface area contributed by atoms with Crippen molar-refractivity contribution in [1.82, 2.24) is 5.16 Å². The van der Waals surface area contributed by atoms with Crippen LogP contribution in [0.5, 0.6) is 0 Å². The zero-order chi connectivity index (χ0) is 18.2. The lowest BCUT2D eigenvalue weighted by molar-refractivity contribution is 0.332. The van der Waals surface area contributed by atoms with Gasteiger partial charge in [-0.15, -0.1) is 0 Å². The number of benzene rings is 2. The molecule has 3 rings (SSSR count). The molecule has 3 aromatic rings. The molecule has 0 aliphatic carbocycles. The monoisotopic (exact) mass is 363 g/mol. The number of hydrogen-bond donors (Lipinski definition) is 0. The summed E-state index contributed by atoms with van der Waals surface area (Å²) in [5.74, 6) is -0.941. The van der Waals surface area contributed by atoms with E-state index in [0.29, 0.717) is 22.4 Å². The van der Waals surface area contributed by atoms with Gasteiger partial charge in [0.1, 0.15) is 16.4 Å². The Hall–Kier alpha value is -2.54. The molecule has 2 aromatic carbocycles. The van der Waals surface area contributed by atoms with Crippen LogP contribution in [0.15, 0.2) is 51.9 Å². The number of rotatable bonds is 4. The third-order valence-electron chi connectivity index (χ3n) is 3.80. The van der Waals surface area contributed by atoms with Gasteiger partial charge in [0.25, 0.3) is 0 Å². The van der Waals surface area contributed by atoms with Crippen molar-refractivity contribution in [2.45, 2.75) is 18.5 Å². The minimum absolute atomic E-state index is 0.0389. The summed E-state index contributed by atoms with van der Waals surface area (Å²) in [6.45, 7) is 0.990. The smallest absolute Gasteiger partial charge is 0.178 e. The Balaban J connectivity index is 2.21. The molecule has 0 bridgehead atoms. The van der Waals surface area contributed by atoms with E-state index in [0.717, 1.165) is 24.0 Å². The van der Waals surface area contributed by atoms with Crippen LogP contribution >= 0.6 is 0 Å². The molecule has 0 aliphatic rings. The largest absolute Gasteiger partial charge is 0.357 e. The van der Waals surface area contributed by atoms with Crippen molar-refractivity contribution in [3.63, 3.8) is 0 Å². The molecular weight excluding hydrogens is 348 g/mol. The molecule has 1 heterocycles. The molecule has 0 aliphatic heterocycles. The molecule has 25 heavy (non-hydrogen) atoms. The van der Waals surface area contributed by atoms with Crippen LogP contribution in [-0.2, 0) is 16.5 Å². The van der Waals surface area contributed by atoms with E-state index in [9.17, 15) is 17.2 Å². The zero-order valence-corrected chi connectivity index (χ0v) is 14.4. The van der Waals surface area contributed by atoms with Crippen molar-refractivity contribution in [3.05, 3.63) is 59.6 Å². The molecule has 0 saturated carbocycles. The van der Waals surface area contributed by atoms with Crippen molar-refractivity contribution >= 4 is 9.84 Å². The number of hydrogen-bond acceptors (Lipinski definition) is 4. The average molecular weight is 363 g/mol. The van der Waals surface area contributed by atoms with Crippen molar-refractivity contribution in [3.8, 4) is 22.4 Å². The highest BCUT2D eigenvalue weighted by molar-refractivity contribution is 7.90. The molecule has 0 fully saturated rings. The van der Waals surface area contributed by atoms with Crippen LogP contribution in [0.4, 0.5) is 8.78 Å². The molecule has 1 aromatic heterocycles. The van der Waals surface area contributed by atoms with Gasteiger partial charge in [-0.25, -0.2) is 17.2 Å². The number of alkyl halides is 1. The Bertz CT molecular complexity index is 1040. The minimum atomic E-state index is -3.69. The molecular formula is C18H15F2NO3S. The van der Waals surface area contributed by atoms with Gasteiger partial charge in [-0.2, -0.15) is 0 Å². The molecule has 7 heteroatoms. The van der Waals surface area contributed by atoms with Crippen molar-refractivity contribution in [2.75, 3.05) is 6.26 Å². The van der Waals surface area contributed by atoms with Gasteiger partial charge in [0, 0.05) is 11.8 Å². The molecule has 0 N–H and O–H groups in total. The van der Waals surface area contributed by atoms with Gasteiger partial charge in [-0.3, -0.25) is 0 Å². The normalized spacial score (nSPS) is 11.7. The molecule has 0 radical (unpaired) electrons. The molecule has 0 atom stereocenters. The molecule has 4 nitrogen and oxygen atoms in total. The second-order valence-corrected chi connectivity index (χ2v) is 7.73. The quantitative estimate of drug-likeness (QED) is 0.692. The first-order chi connectivity index (χ1) is 11.8. The second-order valence-electron chi connectivity index (χ2n) is 5.75. The Labute approximate surface area is 144 Å². The maximum absolute atomic E-state index is 14.2. The van der Waals surface area contributed by atoms with E-state index in [1.165, 1.54) is 6.07 Å². The fourth-order valence-corrected chi connectivity index (χ4v) is 3.39. The Morgan fingerprint density at radius 3 is 2.48 bits per heavy atom. The van der Waals surface area contributed by atoms with E-state index in [2.05, 4.69) is 5.16 Å². The predicted octanol–water partition coefficient (Wildman–Crippen LogP) is 4.33. The number of halogens is 2. The van der Waals surface area contributed by atoms with Gasteiger partial charge in [0.15, 0.2) is 22.3 Å². The first-order valence-corrected chi connectivity index (χ1v) is 9.32.